The number of nitrogens with one attached hydrogen (secondary N) is 1. The molecule has 0 aliphatic rings. The number of hydrazine groups is 1. The number of hydrogen-bond donors (Lipinski definition) is 2. The number of benzene rings is 1. The molecule has 0 radical (unpaired) electrons. The van der Waals surface area contributed by atoms with E-state index in [1.165, 1.54) is 69.2 Å². The van der Waals surface area contributed by atoms with E-state index >= 15 is 0 Å². The minimum absolute atomic E-state index is 0.304. The number of unbranched alkanes of at least 4 members (excludes halogenated alkanes) is 11. The summed E-state index contributed by atoms with van der Waals surface area (Å²) in [6.45, 7) is 2.52. The average Bonchev–Trinajstić information content (AvgIpc) is 2.70. The third-order valence-corrected chi connectivity index (χ3v) is 4.89. The fourth-order valence-electron chi connectivity index (χ4n) is 3.25. The summed E-state index contributed by atoms with van der Waals surface area (Å²) in [6, 6.07) is 8.78. The van der Waals surface area contributed by atoms with Crippen LogP contribution in [0.2, 0.25) is 0 Å². The van der Waals surface area contributed by atoms with Crippen LogP contribution in [0.25, 0.3) is 0 Å². The van der Waals surface area contributed by atoms with Crippen molar-refractivity contribution in [3.63, 3.8) is 0 Å². The Hall–Kier alpha value is -1.88. The minimum Gasteiger partial charge on any atom is -0.480 e. The molecule has 1 amide bonds. The number of hydrogen-bond acceptors (Lipinski definition) is 3. The van der Waals surface area contributed by atoms with Gasteiger partial charge >= 0.3 is 5.97 Å². The van der Waals surface area contributed by atoms with Gasteiger partial charge in [-0.3, -0.25) is 14.6 Å². The fourth-order valence-corrected chi connectivity index (χ4v) is 3.25. The number of aliphatic carboxylic acids is 1. The molecular formula is C23H38N2O3. The third-order valence-electron chi connectivity index (χ3n) is 4.89. The summed E-state index contributed by atoms with van der Waals surface area (Å²) in [5, 5.41) is 10.3. The average molecular weight is 391 g/mol. The summed E-state index contributed by atoms with van der Waals surface area (Å²) in [4.78, 5) is 23.5. The van der Waals surface area contributed by atoms with E-state index in [0.717, 1.165) is 12.8 Å². The molecule has 28 heavy (non-hydrogen) atoms. The second kappa shape index (κ2) is 16.1. The Kier molecular flexibility index (Phi) is 13.9. The van der Waals surface area contributed by atoms with Gasteiger partial charge in [-0.25, -0.2) is 5.43 Å². The van der Waals surface area contributed by atoms with Crippen LogP contribution in [0, 0.1) is 0 Å². The van der Waals surface area contributed by atoms with Crippen LogP contribution >= 0.6 is 0 Å². The molecule has 0 fully saturated rings. The number of rotatable bonds is 17. The zero-order valence-electron chi connectivity index (χ0n) is 17.5. The van der Waals surface area contributed by atoms with E-state index in [0.29, 0.717) is 12.1 Å². The van der Waals surface area contributed by atoms with E-state index in [1.807, 2.05) is 6.07 Å². The molecule has 0 unspecified atom stereocenters. The van der Waals surface area contributed by atoms with Crippen molar-refractivity contribution in [3.05, 3.63) is 35.9 Å². The van der Waals surface area contributed by atoms with Gasteiger partial charge in [-0.1, -0.05) is 95.8 Å². The van der Waals surface area contributed by atoms with Crippen molar-refractivity contribution in [2.45, 2.75) is 84.0 Å². The molecule has 2 N–H and O–H groups in total. The van der Waals surface area contributed by atoms with E-state index in [9.17, 15) is 9.59 Å². The van der Waals surface area contributed by atoms with Gasteiger partial charge in [0.15, 0.2) is 0 Å². The summed E-state index contributed by atoms with van der Waals surface area (Å²) < 4.78 is 0. The van der Waals surface area contributed by atoms with Crippen LogP contribution in [-0.2, 0) is 4.79 Å². The monoisotopic (exact) mass is 390 g/mol. The molecule has 1 rings (SSSR count). The summed E-state index contributed by atoms with van der Waals surface area (Å²) in [7, 11) is 0. The first-order chi connectivity index (χ1) is 13.6. The predicted molar refractivity (Wildman–Crippen MR) is 114 cm³/mol. The van der Waals surface area contributed by atoms with Crippen molar-refractivity contribution >= 4 is 11.9 Å². The maximum atomic E-state index is 12.4. The van der Waals surface area contributed by atoms with Crippen molar-refractivity contribution in [1.29, 1.82) is 0 Å². The second-order valence-electron chi connectivity index (χ2n) is 7.45. The molecule has 158 valence electrons. The third kappa shape index (κ3) is 11.8. The van der Waals surface area contributed by atoms with Crippen LogP contribution in [0.3, 0.4) is 0 Å². The number of carboxylic acids is 1. The van der Waals surface area contributed by atoms with Crippen molar-refractivity contribution in [2.24, 2.45) is 0 Å². The molecule has 0 aliphatic heterocycles. The van der Waals surface area contributed by atoms with Crippen LogP contribution < -0.4 is 5.43 Å². The topological polar surface area (TPSA) is 69.6 Å². The standard InChI is InChI=1S/C23H38N2O3/c1-2-3-4-5-6-7-8-9-10-11-12-16-19-24-25(20-22(26)27)23(28)21-17-14-13-15-18-21/h13-15,17-18,24H,2-12,16,19-20H2,1H3,(H,26,27). The molecule has 5 nitrogen and oxygen atoms in total. The molecule has 0 bridgehead atoms. The lowest BCUT2D eigenvalue weighted by atomic mass is 10.1. The molecule has 0 aliphatic carbocycles. The maximum Gasteiger partial charge on any atom is 0.324 e. The van der Waals surface area contributed by atoms with Crippen molar-refractivity contribution in [3.8, 4) is 0 Å². The lowest BCUT2D eigenvalue weighted by Crippen LogP contribution is -2.46. The molecule has 0 atom stereocenters. The van der Waals surface area contributed by atoms with Gasteiger partial charge in [0.25, 0.3) is 5.91 Å². The van der Waals surface area contributed by atoms with E-state index in [4.69, 9.17) is 5.11 Å². The first-order valence-electron chi connectivity index (χ1n) is 11.0. The molecule has 0 heterocycles. The Morgan fingerprint density at radius 3 is 1.82 bits per heavy atom. The van der Waals surface area contributed by atoms with E-state index in [1.54, 1.807) is 24.3 Å². The highest BCUT2D eigenvalue weighted by Crippen LogP contribution is 2.12. The number of nitrogens with zero attached hydrogens (tertiary/aromatic N) is 1. The van der Waals surface area contributed by atoms with Gasteiger partial charge in [0.2, 0.25) is 0 Å². The van der Waals surface area contributed by atoms with Crippen molar-refractivity contribution in [2.75, 3.05) is 13.1 Å². The lowest BCUT2D eigenvalue weighted by Gasteiger charge is -2.21. The number of carbonyl (C=O) groups excluding carboxylic acids is 1. The molecule has 0 aromatic heterocycles. The Morgan fingerprint density at radius 2 is 1.32 bits per heavy atom. The molecule has 0 saturated heterocycles. The largest absolute Gasteiger partial charge is 0.480 e. The number of amides is 1. The molecule has 1 aromatic carbocycles. The van der Waals surface area contributed by atoms with Gasteiger partial charge in [-0.15, -0.1) is 0 Å². The Morgan fingerprint density at radius 1 is 0.821 bits per heavy atom. The molecular weight excluding hydrogens is 352 g/mol. The minimum atomic E-state index is -1.02. The van der Waals surface area contributed by atoms with E-state index in [2.05, 4.69) is 12.3 Å². The highest BCUT2D eigenvalue weighted by molar-refractivity contribution is 5.95. The fraction of sp³-hybridized carbons (Fsp3) is 0.652. The molecule has 5 heteroatoms. The van der Waals surface area contributed by atoms with Gasteiger partial charge < -0.3 is 5.11 Å². The summed E-state index contributed by atoms with van der Waals surface area (Å²) in [6.07, 6.45) is 15.3. The SMILES string of the molecule is CCCCCCCCCCCCCCNN(CC(=O)O)C(=O)c1ccccc1. The highest BCUT2D eigenvalue weighted by Gasteiger charge is 2.17. The predicted octanol–water partition coefficient (Wildman–Crippen LogP) is 5.42. The first-order valence-corrected chi connectivity index (χ1v) is 11.0. The quantitative estimate of drug-likeness (QED) is 0.275. The van der Waals surface area contributed by atoms with Crippen LogP contribution in [-0.4, -0.2) is 35.1 Å². The summed E-state index contributed by atoms with van der Waals surface area (Å²) >= 11 is 0. The second-order valence-corrected chi connectivity index (χ2v) is 7.45. The van der Waals surface area contributed by atoms with Gasteiger partial charge in [0, 0.05) is 12.1 Å². The van der Waals surface area contributed by atoms with Crippen molar-refractivity contribution < 1.29 is 14.7 Å². The number of carboxylic acid groups (broad SMARTS) is 1. The highest BCUT2D eigenvalue weighted by atomic mass is 16.4. The van der Waals surface area contributed by atoms with Gasteiger partial charge in [-0.05, 0) is 18.6 Å². The van der Waals surface area contributed by atoms with Crippen LogP contribution in [0.15, 0.2) is 30.3 Å². The summed E-state index contributed by atoms with van der Waals surface area (Å²) in [5.74, 6) is -1.33. The maximum absolute atomic E-state index is 12.4. The zero-order chi connectivity index (χ0) is 20.5. The number of carbonyl (C=O) groups is 2. The first kappa shape index (κ1) is 24.2. The van der Waals surface area contributed by atoms with Crippen LogP contribution in [0.4, 0.5) is 0 Å². The molecule has 1 aromatic rings. The normalized spacial score (nSPS) is 10.8. The Balaban J connectivity index is 2.10. The smallest absolute Gasteiger partial charge is 0.324 e. The molecule has 0 spiro atoms. The Bertz CT molecular complexity index is 534. The molecule has 0 saturated carbocycles. The van der Waals surface area contributed by atoms with E-state index < -0.39 is 5.97 Å². The van der Waals surface area contributed by atoms with Gasteiger partial charge in [0.05, 0.1) is 0 Å². The van der Waals surface area contributed by atoms with Crippen LogP contribution in [0.1, 0.15) is 94.3 Å². The van der Waals surface area contributed by atoms with Gasteiger partial charge in [-0.2, -0.15) is 0 Å². The van der Waals surface area contributed by atoms with Gasteiger partial charge in [0.1, 0.15) is 6.54 Å². The van der Waals surface area contributed by atoms with E-state index in [-0.39, 0.29) is 12.5 Å². The van der Waals surface area contributed by atoms with Crippen molar-refractivity contribution in [1.82, 2.24) is 10.4 Å². The lowest BCUT2D eigenvalue weighted by molar-refractivity contribution is -0.138. The van der Waals surface area contributed by atoms with Crippen LogP contribution in [0.5, 0.6) is 0 Å². The Labute approximate surface area is 170 Å². The zero-order valence-corrected chi connectivity index (χ0v) is 17.5. The summed E-state index contributed by atoms with van der Waals surface area (Å²) in [5.41, 5.74) is 3.48.